The third kappa shape index (κ3) is 3.25. The predicted molar refractivity (Wildman–Crippen MR) is 83.4 cm³/mol. The summed E-state index contributed by atoms with van der Waals surface area (Å²) >= 11 is 5.04. The second-order valence-corrected chi connectivity index (χ2v) is 5.98. The summed E-state index contributed by atoms with van der Waals surface area (Å²) in [6.45, 7) is 10.8. The molecule has 1 aromatic rings. The van der Waals surface area contributed by atoms with Crippen molar-refractivity contribution < 1.29 is 4.90 Å². The van der Waals surface area contributed by atoms with Gasteiger partial charge >= 0.3 is 0 Å². The first-order valence-corrected chi connectivity index (χ1v) is 7.36. The smallest absolute Gasteiger partial charge is 0.166 e. The number of piperazine rings is 1. The molecule has 1 aliphatic rings. The summed E-state index contributed by atoms with van der Waals surface area (Å²) in [4.78, 5) is 3.73. The van der Waals surface area contributed by atoms with Gasteiger partial charge in [-0.15, -0.1) is 0 Å². The van der Waals surface area contributed by atoms with Crippen LogP contribution in [0.2, 0.25) is 0 Å². The van der Waals surface area contributed by atoms with E-state index in [0.717, 1.165) is 26.2 Å². The van der Waals surface area contributed by atoms with Crippen LogP contribution in [0.25, 0.3) is 0 Å². The average Bonchev–Trinajstić information content (AvgIpc) is 2.38. The van der Waals surface area contributed by atoms with Gasteiger partial charge in [0.2, 0.25) is 0 Å². The van der Waals surface area contributed by atoms with Crippen molar-refractivity contribution in [2.75, 3.05) is 26.2 Å². The molecular formula is C15H24N3S+. The van der Waals surface area contributed by atoms with Crippen LogP contribution in [0.5, 0.6) is 0 Å². The molecule has 104 valence electrons. The van der Waals surface area contributed by atoms with Crippen LogP contribution in [-0.4, -0.2) is 36.2 Å². The molecule has 3 nitrogen and oxygen atoms in total. The van der Waals surface area contributed by atoms with Gasteiger partial charge in [-0.3, -0.25) is 0 Å². The van der Waals surface area contributed by atoms with Gasteiger partial charge in [0.15, 0.2) is 5.11 Å². The van der Waals surface area contributed by atoms with E-state index >= 15 is 0 Å². The van der Waals surface area contributed by atoms with Gasteiger partial charge in [0, 0.05) is 5.56 Å². The fourth-order valence-corrected chi connectivity index (χ4v) is 3.16. The van der Waals surface area contributed by atoms with Crippen molar-refractivity contribution in [1.29, 1.82) is 0 Å². The molecule has 0 spiro atoms. The zero-order valence-corrected chi connectivity index (χ0v) is 12.9. The first-order chi connectivity index (χ1) is 8.99. The van der Waals surface area contributed by atoms with Crippen LogP contribution in [0.4, 0.5) is 0 Å². The molecule has 0 aromatic heterocycles. The summed E-state index contributed by atoms with van der Waals surface area (Å²) in [5, 5.41) is 0.540. The molecule has 0 bridgehead atoms. The molecule has 4 heteroatoms. The zero-order valence-electron chi connectivity index (χ0n) is 12.1. The second kappa shape index (κ2) is 5.88. The van der Waals surface area contributed by atoms with E-state index in [1.807, 2.05) is 0 Å². The Hall–Kier alpha value is -1.13. The number of nitrogens with two attached hydrogens (primary N) is 1. The Morgan fingerprint density at radius 1 is 1.32 bits per heavy atom. The minimum Gasteiger partial charge on any atom is -0.376 e. The minimum absolute atomic E-state index is 0.536. The topological polar surface area (TPSA) is 33.7 Å². The van der Waals surface area contributed by atoms with Crippen LogP contribution < -0.4 is 10.6 Å². The summed E-state index contributed by atoms with van der Waals surface area (Å²) in [5.41, 5.74) is 9.89. The molecule has 1 atom stereocenters. The van der Waals surface area contributed by atoms with Crippen molar-refractivity contribution in [3.8, 4) is 0 Å². The summed E-state index contributed by atoms with van der Waals surface area (Å²) in [5.74, 6) is 0. The summed E-state index contributed by atoms with van der Waals surface area (Å²) in [6.07, 6.45) is 0. The molecule has 1 aliphatic heterocycles. The maximum absolute atomic E-state index is 5.69. The van der Waals surface area contributed by atoms with Crippen LogP contribution in [-0.2, 0) is 0 Å². The standard InChI is InChI=1S/C15H23N3S/c1-11-4-5-14(12(2)10-11)13(3)17-6-8-18(9-7-17)15(16)19/h4-5,10,13H,6-9H2,1-3H3,(H2,16,19)/p+1/t13-/m1/s1. The number of hydrogen-bond donors (Lipinski definition) is 2. The van der Waals surface area contributed by atoms with E-state index in [-0.39, 0.29) is 0 Å². The third-order valence-electron chi connectivity index (χ3n) is 4.22. The van der Waals surface area contributed by atoms with Crippen molar-refractivity contribution >= 4 is 17.3 Å². The summed E-state index contributed by atoms with van der Waals surface area (Å²) in [6, 6.07) is 7.30. The van der Waals surface area contributed by atoms with E-state index in [1.165, 1.54) is 16.7 Å². The second-order valence-electron chi connectivity index (χ2n) is 5.57. The lowest BCUT2D eigenvalue weighted by Crippen LogP contribution is -3.14. The normalized spacial score (nSPS) is 18.4. The number of rotatable bonds is 2. The fraction of sp³-hybridized carbons (Fsp3) is 0.533. The number of nitrogens with zero attached hydrogens (tertiary/aromatic N) is 1. The molecule has 0 radical (unpaired) electrons. The molecule has 1 aromatic carbocycles. The summed E-state index contributed by atoms with van der Waals surface area (Å²) in [7, 11) is 0. The zero-order chi connectivity index (χ0) is 14.0. The molecule has 0 aliphatic carbocycles. The largest absolute Gasteiger partial charge is 0.376 e. The number of aryl methyl sites for hydroxylation is 2. The van der Waals surface area contributed by atoms with Gasteiger partial charge in [-0.1, -0.05) is 23.8 Å². The Labute approximate surface area is 121 Å². The van der Waals surface area contributed by atoms with E-state index in [1.54, 1.807) is 4.90 Å². The van der Waals surface area contributed by atoms with Crippen LogP contribution in [0, 0.1) is 13.8 Å². The molecule has 2 rings (SSSR count). The number of nitrogens with one attached hydrogen (secondary N) is 1. The molecule has 0 amide bonds. The van der Waals surface area contributed by atoms with Crippen LogP contribution in [0.15, 0.2) is 18.2 Å². The maximum atomic E-state index is 5.69. The highest BCUT2D eigenvalue weighted by molar-refractivity contribution is 7.80. The lowest BCUT2D eigenvalue weighted by molar-refractivity contribution is -0.933. The molecule has 1 fully saturated rings. The molecule has 0 saturated carbocycles. The Kier molecular flexibility index (Phi) is 4.42. The Morgan fingerprint density at radius 3 is 2.47 bits per heavy atom. The molecule has 3 N–H and O–H groups in total. The summed E-state index contributed by atoms with van der Waals surface area (Å²) < 4.78 is 0. The monoisotopic (exact) mass is 278 g/mol. The lowest BCUT2D eigenvalue weighted by atomic mass is 9.99. The van der Waals surface area contributed by atoms with E-state index in [2.05, 4.69) is 43.9 Å². The van der Waals surface area contributed by atoms with E-state index in [4.69, 9.17) is 18.0 Å². The van der Waals surface area contributed by atoms with Gasteiger partial charge in [0.1, 0.15) is 6.04 Å². The average molecular weight is 278 g/mol. The highest BCUT2D eigenvalue weighted by Crippen LogP contribution is 2.16. The van der Waals surface area contributed by atoms with E-state index < -0.39 is 0 Å². The van der Waals surface area contributed by atoms with Gasteiger partial charge in [-0.2, -0.15) is 0 Å². The highest BCUT2D eigenvalue weighted by Gasteiger charge is 2.26. The number of benzene rings is 1. The highest BCUT2D eigenvalue weighted by atomic mass is 32.1. The van der Waals surface area contributed by atoms with Crippen molar-refractivity contribution in [3.63, 3.8) is 0 Å². The van der Waals surface area contributed by atoms with Crippen molar-refractivity contribution in [2.45, 2.75) is 26.8 Å². The fourth-order valence-electron chi connectivity index (χ4n) is 2.98. The molecule has 1 saturated heterocycles. The van der Waals surface area contributed by atoms with Crippen LogP contribution in [0.3, 0.4) is 0 Å². The molecule has 19 heavy (non-hydrogen) atoms. The van der Waals surface area contributed by atoms with Gasteiger partial charge in [0.25, 0.3) is 0 Å². The SMILES string of the molecule is Cc1ccc([C@@H](C)[NH+]2CCN(C(N)=S)CC2)c(C)c1. The number of hydrogen-bond acceptors (Lipinski definition) is 1. The van der Waals surface area contributed by atoms with Crippen molar-refractivity contribution in [3.05, 3.63) is 34.9 Å². The lowest BCUT2D eigenvalue weighted by Gasteiger charge is -2.36. The molecule has 0 unspecified atom stereocenters. The third-order valence-corrected chi connectivity index (χ3v) is 4.48. The Bertz CT molecular complexity index is 464. The first-order valence-electron chi connectivity index (χ1n) is 6.95. The van der Waals surface area contributed by atoms with Gasteiger partial charge in [-0.25, -0.2) is 0 Å². The number of thiocarbonyl (C=S) groups is 1. The maximum Gasteiger partial charge on any atom is 0.166 e. The Balaban J connectivity index is 2.05. The van der Waals surface area contributed by atoms with Crippen molar-refractivity contribution in [2.24, 2.45) is 5.73 Å². The minimum atomic E-state index is 0.536. The van der Waals surface area contributed by atoms with Gasteiger partial charge in [0.05, 0.1) is 26.2 Å². The number of quaternary nitrogens is 1. The van der Waals surface area contributed by atoms with Crippen molar-refractivity contribution in [1.82, 2.24) is 4.90 Å². The molecule has 1 heterocycles. The van der Waals surface area contributed by atoms with Gasteiger partial charge in [-0.05, 0) is 38.6 Å². The Morgan fingerprint density at radius 2 is 1.95 bits per heavy atom. The van der Waals surface area contributed by atoms with Gasteiger partial charge < -0.3 is 15.5 Å². The quantitative estimate of drug-likeness (QED) is 0.786. The van der Waals surface area contributed by atoms with Crippen LogP contribution >= 0.6 is 12.2 Å². The predicted octanol–water partition coefficient (Wildman–Crippen LogP) is 0.809. The first kappa shape index (κ1) is 14.3. The van der Waals surface area contributed by atoms with E-state index in [9.17, 15) is 0 Å². The van der Waals surface area contributed by atoms with Crippen LogP contribution in [0.1, 0.15) is 29.7 Å². The molecular weight excluding hydrogens is 254 g/mol. The van der Waals surface area contributed by atoms with E-state index in [0.29, 0.717) is 11.2 Å².